The molecule has 0 saturated carbocycles. The molecular weight excluding hydrogens is 406 g/mol. The van der Waals surface area contributed by atoms with Gasteiger partial charge in [0.1, 0.15) is 0 Å². The van der Waals surface area contributed by atoms with Gasteiger partial charge in [0.15, 0.2) is 5.16 Å². The Morgan fingerprint density at radius 3 is 2.90 bits per heavy atom. The van der Waals surface area contributed by atoms with E-state index in [2.05, 4.69) is 28.2 Å². The Balaban J connectivity index is 1.55. The predicted octanol–water partition coefficient (Wildman–Crippen LogP) is 2.74. The summed E-state index contributed by atoms with van der Waals surface area (Å²) in [6.45, 7) is 4.65. The number of rotatable bonds is 8. The van der Waals surface area contributed by atoms with Gasteiger partial charge < -0.3 is 5.32 Å². The highest BCUT2D eigenvalue weighted by Gasteiger charge is 2.17. The monoisotopic (exact) mass is 425 g/mol. The van der Waals surface area contributed by atoms with Crippen molar-refractivity contribution >= 4 is 45.7 Å². The Labute approximate surface area is 175 Å². The maximum atomic E-state index is 12.8. The fourth-order valence-electron chi connectivity index (χ4n) is 3.08. The van der Waals surface area contributed by atoms with E-state index in [0.717, 1.165) is 11.9 Å². The first-order valence-electron chi connectivity index (χ1n) is 9.08. The third kappa shape index (κ3) is 3.96. The van der Waals surface area contributed by atoms with E-state index in [0.29, 0.717) is 29.4 Å². The Morgan fingerprint density at radius 1 is 1.24 bits per heavy atom. The number of hydrogen-bond donors (Lipinski definition) is 1. The topological polar surface area (TPSA) is 81.3 Å². The molecule has 29 heavy (non-hydrogen) atoms. The lowest BCUT2D eigenvalue weighted by Crippen LogP contribution is -2.27. The number of nitrogens with zero attached hydrogens (tertiary/aromatic N) is 4. The van der Waals surface area contributed by atoms with Crippen molar-refractivity contribution in [3.63, 3.8) is 0 Å². The van der Waals surface area contributed by atoms with Crippen LogP contribution in [0.15, 0.2) is 64.4 Å². The molecule has 7 nitrogen and oxygen atoms in total. The summed E-state index contributed by atoms with van der Waals surface area (Å²) < 4.78 is 3.36. The lowest BCUT2D eigenvalue weighted by atomic mass is 10.2. The van der Waals surface area contributed by atoms with Crippen LogP contribution in [-0.2, 0) is 17.8 Å². The molecule has 0 saturated heterocycles. The molecule has 3 heterocycles. The molecule has 1 aromatic carbocycles. The lowest BCUT2D eigenvalue weighted by molar-refractivity contribution is -0.118. The number of aromatic nitrogens is 4. The van der Waals surface area contributed by atoms with Crippen molar-refractivity contribution < 1.29 is 4.79 Å². The van der Waals surface area contributed by atoms with Crippen LogP contribution < -0.4 is 10.9 Å². The zero-order valence-electron chi connectivity index (χ0n) is 15.6. The minimum Gasteiger partial charge on any atom is -0.355 e. The first kappa shape index (κ1) is 19.4. The van der Waals surface area contributed by atoms with E-state index in [1.807, 2.05) is 34.0 Å². The second kappa shape index (κ2) is 8.62. The van der Waals surface area contributed by atoms with E-state index in [-0.39, 0.29) is 17.2 Å². The van der Waals surface area contributed by atoms with Gasteiger partial charge in [-0.1, -0.05) is 36.0 Å². The Kier molecular flexibility index (Phi) is 5.77. The third-order valence-electron chi connectivity index (χ3n) is 4.40. The van der Waals surface area contributed by atoms with Gasteiger partial charge in [-0.05, 0) is 30.0 Å². The SMILES string of the molecule is C=CCn1c(=O)c2ccccc2n2c(SCC(=O)NCCc3cccs3)nnc12. The van der Waals surface area contributed by atoms with Crippen LogP contribution in [-0.4, -0.2) is 37.4 Å². The summed E-state index contributed by atoms with van der Waals surface area (Å²) in [7, 11) is 0. The molecule has 0 bridgehead atoms. The van der Waals surface area contributed by atoms with E-state index in [1.165, 1.54) is 21.2 Å². The molecule has 148 valence electrons. The van der Waals surface area contributed by atoms with Crippen molar-refractivity contribution in [2.24, 2.45) is 0 Å². The van der Waals surface area contributed by atoms with Gasteiger partial charge in [-0.25, -0.2) is 0 Å². The standard InChI is InChI=1S/C20H19N5O2S2/c1-2-11-24-18(27)15-7-3-4-8-16(15)25-19(24)22-23-20(25)29-13-17(26)21-10-9-14-6-5-12-28-14/h2-8,12H,1,9-11,13H2,(H,21,26). The molecule has 0 fully saturated rings. The molecule has 3 aromatic heterocycles. The number of para-hydroxylation sites is 1. The van der Waals surface area contributed by atoms with E-state index in [1.54, 1.807) is 23.5 Å². The minimum atomic E-state index is -0.136. The number of benzene rings is 1. The molecule has 0 aliphatic heterocycles. The number of thiophene rings is 1. The van der Waals surface area contributed by atoms with E-state index < -0.39 is 0 Å². The average molecular weight is 426 g/mol. The second-order valence-electron chi connectivity index (χ2n) is 6.31. The molecule has 9 heteroatoms. The van der Waals surface area contributed by atoms with Gasteiger partial charge in [-0.2, -0.15) is 0 Å². The maximum Gasteiger partial charge on any atom is 0.263 e. The second-order valence-corrected chi connectivity index (χ2v) is 8.28. The molecule has 1 N–H and O–H groups in total. The predicted molar refractivity (Wildman–Crippen MR) is 117 cm³/mol. The number of nitrogens with one attached hydrogen (secondary N) is 1. The number of carbonyl (C=O) groups is 1. The number of amides is 1. The zero-order valence-corrected chi connectivity index (χ0v) is 17.2. The summed E-state index contributed by atoms with van der Waals surface area (Å²) in [4.78, 5) is 26.3. The van der Waals surface area contributed by atoms with Crippen LogP contribution in [0.5, 0.6) is 0 Å². The molecule has 0 aliphatic rings. The fraction of sp³-hybridized carbons (Fsp3) is 0.200. The normalized spacial score (nSPS) is 11.2. The van der Waals surface area contributed by atoms with Crippen LogP contribution in [0, 0.1) is 0 Å². The lowest BCUT2D eigenvalue weighted by Gasteiger charge is -2.09. The van der Waals surface area contributed by atoms with Crippen molar-refractivity contribution in [1.82, 2.24) is 24.5 Å². The van der Waals surface area contributed by atoms with E-state index in [4.69, 9.17) is 0 Å². The average Bonchev–Trinajstić information content (AvgIpc) is 3.39. The van der Waals surface area contributed by atoms with Gasteiger partial charge in [-0.3, -0.25) is 18.6 Å². The fourth-order valence-corrected chi connectivity index (χ4v) is 4.56. The molecule has 4 rings (SSSR count). The summed E-state index contributed by atoms with van der Waals surface area (Å²) >= 11 is 2.98. The van der Waals surface area contributed by atoms with Gasteiger partial charge in [0, 0.05) is 18.0 Å². The van der Waals surface area contributed by atoms with Crippen LogP contribution in [0.25, 0.3) is 16.7 Å². The highest BCUT2D eigenvalue weighted by atomic mass is 32.2. The third-order valence-corrected chi connectivity index (χ3v) is 6.26. The highest BCUT2D eigenvalue weighted by Crippen LogP contribution is 2.21. The quantitative estimate of drug-likeness (QED) is 0.347. The van der Waals surface area contributed by atoms with Crippen molar-refractivity contribution in [2.75, 3.05) is 12.3 Å². The summed E-state index contributed by atoms with van der Waals surface area (Å²) in [5.74, 6) is 0.599. The number of carbonyl (C=O) groups excluding carboxylic acids is 1. The first-order valence-corrected chi connectivity index (χ1v) is 10.9. The Bertz CT molecular complexity index is 1230. The smallest absolute Gasteiger partial charge is 0.263 e. The Morgan fingerprint density at radius 2 is 2.10 bits per heavy atom. The number of fused-ring (bicyclic) bond motifs is 3. The van der Waals surface area contributed by atoms with Crippen LogP contribution in [0.4, 0.5) is 0 Å². The minimum absolute atomic E-state index is 0.0629. The van der Waals surface area contributed by atoms with E-state index >= 15 is 0 Å². The molecule has 0 atom stereocenters. The van der Waals surface area contributed by atoms with Crippen LogP contribution in [0.2, 0.25) is 0 Å². The first-order chi connectivity index (χ1) is 14.2. The Hall–Kier alpha value is -2.91. The summed E-state index contributed by atoms with van der Waals surface area (Å²) in [5, 5.41) is 14.5. The van der Waals surface area contributed by atoms with E-state index in [9.17, 15) is 9.59 Å². The van der Waals surface area contributed by atoms with Crippen molar-refractivity contribution in [3.05, 3.63) is 69.7 Å². The molecule has 0 aliphatic carbocycles. The summed E-state index contributed by atoms with van der Waals surface area (Å²) in [6.07, 6.45) is 2.47. The zero-order chi connectivity index (χ0) is 20.2. The van der Waals surface area contributed by atoms with Gasteiger partial charge in [0.05, 0.1) is 16.7 Å². The number of allylic oxidation sites excluding steroid dienone is 1. The van der Waals surface area contributed by atoms with Gasteiger partial charge in [0.25, 0.3) is 5.56 Å². The van der Waals surface area contributed by atoms with Gasteiger partial charge in [0.2, 0.25) is 11.7 Å². The van der Waals surface area contributed by atoms with Crippen LogP contribution in [0.1, 0.15) is 4.88 Å². The van der Waals surface area contributed by atoms with Crippen molar-refractivity contribution in [3.8, 4) is 0 Å². The number of hydrogen-bond acceptors (Lipinski definition) is 6. The molecule has 0 radical (unpaired) electrons. The molecule has 4 aromatic rings. The van der Waals surface area contributed by atoms with Crippen molar-refractivity contribution in [2.45, 2.75) is 18.1 Å². The largest absolute Gasteiger partial charge is 0.355 e. The van der Waals surface area contributed by atoms with Gasteiger partial charge >= 0.3 is 0 Å². The maximum absolute atomic E-state index is 12.8. The molecule has 0 unspecified atom stereocenters. The molecule has 1 amide bonds. The van der Waals surface area contributed by atoms with Crippen LogP contribution >= 0.6 is 23.1 Å². The van der Waals surface area contributed by atoms with Gasteiger partial charge in [-0.15, -0.1) is 28.1 Å². The highest BCUT2D eigenvalue weighted by molar-refractivity contribution is 7.99. The summed E-state index contributed by atoms with van der Waals surface area (Å²) in [5.41, 5.74) is 0.585. The van der Waals surface area contributed by atoms with Crippen LogP contribution in [0.3, 0.4) is 0 Å². The molecular formula is C20H19N5O2S2. The molecule has 0 spiro atoms. The summed E-state index contributed by atoms with van der Waals surface area (Å²) in [6, 6.07) is 11.4. The van der Waals surface area contributed by atoms with Crippen molar-refractivity contribution in [1.29, 1.82) is 0 Å². The number of thioether (sulfide) groups is 1.